The maximum absolute atomic E-state index is 11.9. The lowest BCUT2D eigenvalue weighted by atomic mass is 10.1. The van der Waals surface area contributed by atoms with Crippen LogP contribution in [0.25, 0.3) is 0 Å². The molecule has 0 aromatic heterocycles. The Labute approximate surface area is 110 Å². The molecule has 1 unspecified atom stereocenters. The van der Waals surface area contributed by atoms with Crippen LogP contribution in [-0.2, 0) is 0 Å². The van der Waals surface area contributed by atoms with Gasteiger partial charge in [-0.2, -0.15) is 0 Å². The van der Waals surface area contributed by atoms with Crippen molar-refractivity contribution < 1.29 is 9.72 Å². The van der Waals surface area contributed by atoms with Crippen LogP contribution in [0.4, 0.5) is 5.69 Å². The van der Waals surface area contributed by atoms with Crippen LogP contribution >= 0.6 is 11.6 Å². The fourth-order valence-electron chi connectivity index (χ4n) is 1.43. The summed E-state index contributed by atoms with van der Waals surface area (Å²) in [6.07, 6.45) is 0.720. The average Bonchev–Trinajstić information content (AvgIpc) is 2.34. The van der Waals surface area contributed by atoms with Gasteiger partial charge in [0, 0.05) is 12.6 Å². The Morgan fingerprint density at radius 2 is 2.22 bits per heavy atom. The minimum atomic E-state index is -0.563. The predicted octanol–water partition coefficient (Wildman–Crippen LogP) is 2.65. The SMILES string of the molecule is CCC(Cl)CNC(=O)c1cc(C)ccc1[N+](=O)[O-]. The van der Waals surface area contributed by atoms with E-state index in [1.165, 1.54) is 12.1 Å². The van der Waals surface area contributed by atoms with Gasteiger partial charge in [0.05, 0.1) is 10.3 Å². The van der Waals surface area contributed by atoms with Crippen molar-refractivity contribution in [2.24, 2.45) is 0 Å². The third-order valence-electron chi connectivity index (χ3n) is 2.52. The van der Waals surface area contributed by atoms with Gasteiger partial charge in [0.2, 0.25) is 0 Å². The second-order valence-electron chi connectivity index (χ2n) is 3.99. The van der Waals surface area contributed by atoms with Crippen molar-refractivity contribution in [2.75, 3.05) is 6.54 Å². The molecule has 1 atom stereocenters. The number of nitro groups is 1. The average molecular weight is 271 g/mol. The summed E-state index contributed by atoms with van der Waals surface area (Å²) < 4.78 is 0. The van der Waals surface area contributed by atoms with Crippen LogP contribution in [-0.4, -0.2) is 22.8 Å². The summed E-state index contributed by atoms with van der Waals surface area (Å²) in [5, 5.41) is 13.3. The van der Waals surface area contributed by atoms with Gasteiger partial charge in [0.25, 0.3) is 11.6 Å². The van der Waals surface area contributed by atoms with E-state index in [2.05, 4.69) is 5.32 Å². The second kappa shape index (κ2) is 6.35. The fraction of sp³-hybridized carbons (Fsp3) is 0.417. The highest BCUT2D eigenvalue weighted by Crippen LogP contribution is 2.19. The Morgan fingerprint density at radius 1 is 1.56 bits per heavy atom. The lowest BCUT2D eigenvalue weighted by Gasteiger charge is -2.09. The Morgan fingerprint density at radius 3 is 2.78 bits per heavy atom. The first-order chi connectivity index (χ1) is 8.45. The van der Waals surface area contributed by atoms with Gasteiger partial charge in [0.15, 0.2) is 0 Å². The monoisotopic (exact) mass is 270 g/mol. The molecule has 1 aromatic rings. The molecule has 0 saturated heterocycles. The number of nitro benzene ring substituents is 1. The van der Waals surface area contributed by atoms with Gasteiger partial charge in [0.1, 0.15) is 5.56 Å². The molecule has 0 saturated carbocycles. The van der Waals surface area contributed by atoms with Gasteiger partial charge in [-0.3, -0.25) is 14.9 Å². The molecule has 1 N–H and O–H groups in total. The number of hydrogen-bond acceptors (Lipinski definition) is 3. The van der Waals surface area contributed by atoms with Crippen molar-refractivity contribution in [1.82, 2.24) is 5.32 Å². The summed E-state index contributed by atoms with van der Waals surface area (Å²) in [4.78, 5) is 22.1. The van der Waals surface area contributed by atoms with Crippen molar-refractivity contribution in [1.29, 1.82) is 0 Å². The summed E-state index contributed by atoms with van der Waals surface area (Å²) in [7, 11) is 0. The molecule has 18 heavy (non-hydrogen) atoms. The zero-order valence-corrected chi connectivity index (χ0v) is 11.0. The first-order valence-electron chi connectivity index (χ1n) is 5.63. The van der Waals surface area contributed by atoms with Crippen LogP contribution in [0.2, 0.25) is 0 Å². The van der Waals surface area contributed by atoms with Gasteiger partial charge in [-0.05, 0) is 25.0 Å². The van der Waals surface area contributed by atoms with Crippen molar-refractivity contribution in [3.05, 3.63) is 39.4 Å². The number of alkyl halides is 1. The summed E-state index contributed by atoms with van der Waals surface area (Å²) in [6, 6.07) is 4.44. The highest BCUT2D eigenvalue weighted by atomic mass is 35.5. The third kappa shape index (κ3) is 3.70. The van der Waals surface area contributed by atoms with E-state index in [4.69, 9.17) is 11.6 Å². The molecule has 1 rings (SSSR count). The smallest absolute Gasteiger partial charge is 0.282 e. The molecule has 0 aliphatic rings. The number of nitrogens with one attached hydrogen (secondary N) is 1. The van der Waals surface area contributed by atoms with Crippen LogP contribution in [0, 0.1) is 17.0 Å². The molecule has 1 aromatic carbocycles. The first kappa shape index (κ1) is 14.4. The van der Waals surface area contributed by atoms with Crippen molar-refractivity contribution in [3.63, 3.8) is 0 Å². The maximum Gasteiger partial charge on any atom is 0.282 e. The number of aryl methyl sites for hydroxylation is 1. The summed E-state index contributed by atoms with van der Waals surface area (Å²) in [5.74, 6) is -0.468. The second-order valence-corrected chi connectivity index (χ2v) is 4.61. The molecule has 0 aliphatic heterocycles. The van der Waals surface area contributed by atoms with E-state index in [1.54, 1.807) is 13.0 Å². The van der Waals surface area contributed by atoms with Gasteiger partial charge in [-0.25, -0.2) is 0 Å². The van der Waals surface area contributed by atoms with E-state index in [0.717, 1.165) is 12.0 Å². The van der Waals surface area contributed by atoms with E-state index in [1.807, 2.05) is 6.92 Å². The molecule has 0 aliphatic carbocycles. The molecule has 1 amide bonds. The molecular weight excluding hydrogens is 256 g/mol. The largest absolute Gasteiger partial charge is 0.350 e. The fourth-order valence-corrected chi connectivity index (χ4v) is 1.51. The molecule has 0 heterocycles. The molecular formula is C12H15ClN2O3. The number of carbonyl (C=O) groups is 1. The molecule has 5 nitrogen and oxygen atoms in total. The minimum absolute atomic E-state index is 0.0694. The van der Waals surface area contributed by atoms with Gasteiger partial charge in [-0.1, -0.05) is 13.0 Å². The highest BCUT2D eigenvalue weighted by molar-refractivity contribution is 6.20. The lowest BCUT2D eigenvalue weighted by Crippen LogP contribution is -2.30. The van der Waals surface area contributed by atoms with Crippen LogP contribution in [0.15, 0.2) is 18.2 Å². The Hall–Kier alpha value is -1.62. The van der Waals surface area contributed by atoms with Crippen LogP contribution in [0.1, 0.15) is 29.3 Å². The quantitative estimate of drug-likeness (QED) is 0.508. The van der Waals surface area contributed by atoms with Crippen LogP contribution in [0.5, 0.6) is 0 Å². The first-order valence-corrected chi connectivity index (χ1v) is 6.06. The molecule has 98 valence electrons. The van der Waals surface area contributed by atoms with Crippen molar-refractivity contribution in [3.8, 4) is 0 Å². The summed E-state index contributed by atoms with van der Waals surface area (Å²) >= 11 is 5.88. The van der Waals surface area contributed by atoms with Crippen molar-refractivity contribution in [2.45, 2.75) is 25.6 Å². The Balaban J connectivity index is 2.90. The predicted molar refractivity (Wildman–Crippen MR) is 70.1 cm³/mol. The number of amides is 1. The maximum atomic E-state index is 11.9. The number of hydrogen-bond donors (Lipinski definition) is 1. The van der Waals surface area contributed by atoms with E-state index in [0.29, 0.717) is 6.54 Å². The zero-order chi connectivity index (χ0) is 13.7. The number of halogens is 1. The zero-order valence-electron chi connectivity index (χ0n) is 10.3. The molecule has 0 fully saturated rings. The van der Waals surface area contributed by atoms with E-state index < -0.39 is 10.8 Å². The normalized spacial score (nSPS) is 11.9. The van der Waals surface area contributed by atoms with Crippen LogP contribution < -0.4 is 5.32 Å². The molecule has 0 bridgehead atoms. The number of carbonyl (C=O) groups excluding carboxylic acids is 1. The number of benzene rings is 1. The standard InChI is InChI=1S/C12H15ClN2O3/c1-3-9(13)7-14-12(16)10-6-8(2)4-5-11(10)15(17)18/h4-6,9H,3,7H2,1-2H3,(H,14,16). The number of rotatable bonds is 5. The highest BCUT2D eigenvalue weighted by Gasteiger charge is 2.20. The minimum Gasteiger partial charge on any atom is -0.350 e. The Kier molecular flexibility index (Phi) is 5.09. The summed E-state index contributed by atoms with van der Waals surface area (Å²) in [6.45, 7) is 3.97. The summed E-state index contributed by atoms with van der Waals surface area (Å²) in [5.41, 5.74) is 0.671. The third-order valence-corrected chi connectivity index (χ3v) is 2.98. The molecule has 0 radical (unpaired) electrons. The van der Waals surface area contributed by atoms with Crippen LogP contribution in [0.3, 0.4) is 0 Å². The van der Waals surface area contributed by atoms with Gasteiger partial charge < -0.3 is 5.32 Å². The van der Waals surface area contributed by atoms with Gasteiger partial charge in [-0.15, -0.1) is 11.6 Å². The molecule has 6 heteroatoms. The lowest BCUT2D eigenvalue weighted by molar-refractivity contribution is -0.385. The topological polar surface area (TPSA) is 72.2 Å². The van der Waals surface area contributed by atoms with E-state index >= 15 is 0 Å². The number of nitrogens with zero attached hydrogens (tertiary/aromatic N) is 1. The van der Waals surface area contributed by atoms with Crippen molar-refractivity contribution >= 4 is 23.2 Å². The Bertz CT molecular complexity index is 463. The van der Waals surface area contributed by atoms with E-state index in [9.17, 15) is 14.9 Å². The molecule has 0 spiro atoms. The van der Waals surface area contributed by atoms with Gasteiger partial charge >= 0.3 is 0 Å². The van der Waals surface area contributed by atoms with E-state index in [-0.39, 0.29) is 16.6 Å².